The summed E-state index contributed by atoms with van der Waals surface area (Å²) in [5.41, 5.74) is 3.60. The van der Waals surface area contributed by atoms with E-state index >= 15 is 0 Å². The Morgan fingerprint density at radius 1 is 1.34 bits per heavy atom. The standard InChI is InChI=1S/C22H29N7O3/c1-22(6-7-22)25-21(30)32-14-5-4-13(8-14)16-9-19(27-26-16)24-17-11-23-10-15-18(12-31-3)28-29(2)20(15)17/h9-11,13-14H,4-8,12H2,1-3H3,(H,25,30)(H2,24,26,27)/t13-,14+/m0/s1. The van der Waals surface area contributed by atoms with Crippen molar-refractivity contribution in [1.29, 1.82) is 0 Å². The fourth-order valence-electron chi connectivity index (χ4n) is 4.45. The molecule has 0 aromatic carbocycles. The monoisotopic (exact) mass is 439 g/mol. The topological polar surface area (TPSA) is 119 Å². The Kier molecular flexibility index (Phi) is 5.24. The first-order chi connectivity index (χ1) is 15.4. The summed E-state index contributed by atoms with van der Waals surface area (Å²) in [6, 6.07) is 2.02. The Bertz CT molecular complexity index is 1130. The summed E-state index contributed by atoms with van der Waals surface area (Å²) in [5, 5.41) is 19.4. The summed E-state index contributed by atoms with van der Waals surface area (Å²) >= 11 is 0. The molecule has 32 heavy (non-hydrogen) atoms. The van der Waals surface area contributed by atoms with Gasteiger partial charge in [0.25, 0.3) is 0 Å². The number of pyridine rings is 1. The lowest BCUT2D eigenvalue weighted by molar-refractivity contribution is 0.0967. The van der Waals surface area contributed by atoms with Crippen LogP contribution in [0, 0.1) is 0 Å². The summed E-state index contributed by atoms with van der Waals surface area (Å²) < 4.78 is 12.7. The molecule has 3 N–H and O–H groups in total. The highest BCUT2D eigenvalue weighted by Crippen LogP contribution is 2.38. The number of methoxy groups -OCH3 is 1. The van der Waals surface area contributed by atoms with Crippen LogP contribution in [0.15, 0.2) is 18.5 Å². The Hall–Kier alpha value is -3.14. The van der Waals surface area contributed by atoms with Crippen molar-refractivity contribution in [3.63, 3.8) is 0 Å². The number of amides is 1. The largest absolute Gasteiger partial charge is 0.446 e. The number of carbonyl (C=O) groups excluding carboxylic acids is 1. The van der Waals surface area contributed by atoms with Crippen molar-refractivity contribution in [3.8, 4) is 0 Å². The van der Waals surface area contributed by atoms with Crippen molar-refractivity contribution >= 4 is 28.5 Å². The van der Waals surface area contributed by atoms with Crippen molar-refractivity contribution in [2.45, 2.75) is 63.2 Å². The Labute approximate surface area is 186 Å². The predicted octanol–water partition coefficient (Wildman–Crippen LogP) is 3.50. The van der Waals surface area contributed by atoms with Gasteiger partial charge in [0.1, 0.15) is 6.10 Å². The molecule has 170 valence electrons. The second-order valence-electron chi connectivity index (χ2n) is 9.14. The number of rotatable bonds is 7. The van der Waals surface area contributed by atoms with Gasteiger partial charge in [0, 0.05) is 49.0 Å². The first-order valence-corrected chi connectivity index (χ1v) is 11.0. The van der Waals surface area contributed by atoms with Crippen molar-refractivity contribution in [1.82, 2.24) is 30.3 Å². The summed E-state index contributed by atoms with van der Waals surface area (Å²) in [7, 11) is 3.56. The summed E-state index contributed by atoms with van der Waals surface area (Å²) in [6.45, 7) is 2.47. The molecule has 0 bridgehead atoms. The molecule has 10 heteroatoms. The van der Waals surface area contributed by atoms with Gasteiger partial charge in [-0.05, 0) is 39.0 Å². The van der Waals surface area contributed by atoms with Crippen molar-refractivity contribution in [2.24, 2.45) is 7.05 Å². The minimum atomic E-state index is -0.299. The third kappa shape index (κ3) is 4.14. The van der Waals surface area contributed by atoms with E-state index in [4.69, 9.17) is 9.47 Å². The fraction of sp³-hybridized carbons (Fsp3) is 0.545. The molecule has 0 saturated heterocycles. The maximum absolute atomic E-state index is 12.1. The second kappa shape index (κ2) is 8.09. The predicted molar refractivity (Wildman–Crippen MR) is 119 cm³/mol. The molecule has 1 amide bonds. The zero-order chi connectivity index (χ0) is 22.3. The van der Waals surface area contributed by atoms with Gasteiger partial charge in [0.15, 0.2) is 5.82 Å². The molecular formula is C22H29N7O3. The molecule has 3 heterocycles. The molecule has 0 unspecified atom stereocenters. The number of carbonyl (C=O) groups is 1. The Morgan fingerprint density at radius 2 is 2.19 bits per heavy atom. The molecule has 3 aromatic rings. The highest BCUT2D eigenvalue weighted by atomic mass is 16.6. The maximum atomic E-state index is 12.1. The molecule has 2 saturated carbocycles. The SMILES string of the molecule is COCc1nn(C)c2c(Nc3cc([C@H]4CC[C@@H](OC(=O)NC5(C)CC5)C4)[nH]n3)cncc12. The normalized spacial score (nSPS) is 21.6. The van der Waals surface area contributed by atoms with Crippen LogP contribution in [0.3, 0.4) is 0 Å². The van der Waals surface area contributed by atoms with Crippen LogP contribution in [-0.4, -0.2) is 49.8 Å². The highest BCUT2D eigenvalue weighted by molar-refractivity contribution is 5.93. The molecule has 10 nitrogen and oxygen atoms in total. The first kappa shape index (κ1) is 20.7. The fourth-order valence-corrected chi connectivity index (χ4v) is 4.45. The molecule has 5 rings (SSSR count). The molecule has 2 atom stereocenters. The van der Waals surface area contributed by atoms with Crippen LogP contribution < -0.4 is 10.6 Å². The van der Waals surface area contributed by atoms with E-state index in [1.54, 1.807) is 19.5 Å². The first-order valence-electron chi connectivity index (χ1n) is 11.0. The molecule has 0 radical (unpaired) electrons. The van der Waals surface area contributed by atoms with Crippen LogP contribution in [-0.2, 0) is 23.1 Å². The van der Waals surface area contributed by atoms with Gasteiger partial charge in [-0.3, -0.25) is 14.8 Å². The van der Waals surface area contributed by atoms with Gasteiger partial charge in [-0.25, -0.2) is 4.79 Å². The van der Waals surface area contributed by atoms with Crippen LogP contribution in [0.5, 0.6) is 0 Å². The van der Waals surface area contributed by atoms with E-state index in [0.29, 0.717) is 12.4 Å². The lowest BCUT2D eigenvalue weighted by atomic mass is 10.0. The van der Waals surface area contributed by atoms with E-state index in [1.807, 2.05) is 24.7 Å². The van der Waals surface area contributed by atoms with Crippen LogP contribution >= 0.6 is 0 Å². The molecule has 0 spiro atoms. The van der Waals surface area contributed by atoms with Crippen LogP contribution in [0.25, 0.3) is 10.9 Å². The van der Waals surface area contributed by atoms with E-state index in [2.05, 4.69) is 30.9 Å². The van der Waals surface area contributed by atoms with Gasteiger partial charge < -0.3 is 20.1 Å². The van der Waals surface area contributed by atoms with Crippen LogP contribution in [0.1, 0.15) is 56.3 Å². The molecule has 0 aliphatic heterocycles. The van der Waals surface area contributed by atoms with Crippen LogP contribution in [0.2, 0.25) is 0 Å². The number of aromatic amines is 1. The molecule has 2 fully saturated rings. The van der Waals surface area contributed by atoms with Gasteiger partial charge in [0.05, 0.1) is 29.7 Å². The van der Waals surface area contributed by atoms with Gasteiger partial charge in [-0.2, -0.15) is 10.2 Å². The number of aromatic nitrogens is 5. The van der Waals surface area contributed by atoms with E-state index in [-0.39, 0.29) is 23.7 Å². The number of fused-ring (bicyclic) bond motifs is 1. The number of aryl methyl sites for hydroxylation is 1. The number of anilines is 2. The van der Waals surface area contributed by atoms with Crippen molar-refractivity contribution in [3.05, 3.63) is 29.8 Å². The van der Waals surface area contributed by atoms with Crippen molar-refractivity contribution < 1.29 is 14.3 Å². The molecule has 2 aliphatic carbocycles. The molecular weight excluding hydrogens is 410 g/mol. The lowest BCUT2D eigenvalue weighted by Gasteiger charge is -2.16. The number of hydrogen-bond acceptors (Lipinski definition) is 7. The molecule has 3 aromatic heterocycles. The number of H-pyrrole nitrogens is 1. The summed E-state index contributed by atoms with van der Waals surface area (Å²) in [5.74, 6) is 0.999. The van der Waals surface area contributed by atoms with E-state index in [1.165, 1.54) is 0 Å². The highest BCUT2D eigenvalue weighted by Gasteiger charge is 2.40. The third-order valence-corrected chi connectivity index (χ3v) is 6.47. The quantitative estimate of drug-likeness (QED) is 0.515. The Balaban J connectivity index is 1.24. The van der Waals surface area contributed by atoms with Gasteiger partial charge in [0.2, 0.25) is 0 Å². The van der Waals surface area contributed by atoms with Crippen LogP contribution in [0.4, 0.5) is 16.3 Å². The number of nitrogens with one attached hydrogen (secondary N) is 3. The van der Waals surface area contributed by atoms with E-state index in [9.17, 15) is 4.79 Å². The lowest BCUT2D eigenvalue weighted by Crippen LogP contribution is -2.36. The third-order valence-electron chi connectivity index (χ3n) is 6.47. The minimum Gasteiger partial charge on any atom is -0.446 e. The second-order valence-corrected chi connectivity index (χ2v) is 9.14. The zero-order valence-corrected chi connectivity index (χ0v) is 18.6. The Morgan fingerprint density at radius 3 is 2.97 bits per heavy atom. The number of nitrogens with zero attached hydrogens (tertiary/aromatic N) is 4. The zero-order valence-electron chi connectivity index (χ0n) is 18.6. The maximum Gasteiger partial charge on any atom is 0.407 e. The van der Waals surface area contributed by atoms with E-state index < -0.39 is 0 Å². The average molecular weight is 440 g/mol. The van der Waals surface area contributed by atoms with Gasteiger partial charge in [-0.15, -0.1) is 0 Å². The minimum absolute atomic E-state index is 0.0606. The van der Waals surface area contributed by atoms with Gasteiger partial charge in [-0.1, -0.05) is 0 Å². The van der Waals surface area contributed by atoms with E-state index in [0.717, 1.165) is 60.1 Å². The average Bonchev–Trinajstić information content (AvgIpc) is 3.13. The number of hydrogen-bond donors (Lipinski definition) is 3. The summed E-state index contributed by atoms with van der Waals surface area (Å²) in [6.07, 6.45) is 7.87. The molecule has 2 aliphatic rings. The van der Waals surface area contributed by atoms with Gasteiger partial charge >= 0.3 is 6.09 Å². The summed E-state index contributed by atoms with van der Waals surface area (Å²) in [4.78, 5) is 16.5. The smallest absolute Gasteiger partial charge is 0.407 e. The van der Waals surface area contributed by atoms with Crippen molar-refractivity contribution in [2.75, 3.05) is 12.4 Å². The number of alkyl carbamates (subject to hydrolysis) is 1. The number of ether oxygens (including phenoxy) is 2.